The van der Waals surface area contributed by atoms with Gasteiger partial charge >= 0.3 is 12.0 Å². The molecule has 0 saturated heterocycles. The molecule has 9 nitrogen and oxygen atoms in total. The highest BCUT2D eigenvalue weighted by Crippen LogP contribution is 2.19. The number of halogens is 1. The molecule has 11 heteroatoms. The van der Waals surface area contributed by atoms with Crippen LogP contribution in [0.2, 0.25) is 0 Å². The lowest BCUT2D eigenvalue weighted by atomic mass is 10.2. The summed E-state index contributed by atoms with van der Waals surface area (Å²) in [6, 6.07) is 14.2. The van der Waals surface area contributed by atoms with Gasteiger partial charge in [0.15, 0.2) is 6.61 Å². The molecule has 3 rings (SSSR count). The lowest BCUT2D eigenvalue weighted by molar-refractivity contribution is -0.146. The molecule has 1 heterocycles. The average Bonchev–Trinajstić information content (AvgIpc) is 3.26. The topological polar surface area (TPSA) is 123 Å². The van der Waals surface area contributed by atoms with E-state index in [0.29, 0.717) is 11.3 Å². The molecule has 0 spiro atoms. The third-order valence-electron chi connectivity index (χ3n) is 3.96. The van der Waals surface area contributed by atoms with E-state index < -0.39 is 29.6 Å². The zero-order chi connectivity index (χ0) is 22.9. The second kappa shape index (κ2) is 11.0. The van der Waals surface area contributed by atoms with Crippen molar-refractivity contribution in [3.05, 3.63) is 60.4 Å². The standard InChI is InChI=1S/C21H19FN4O5S/c1-13(32-12-18(28)23-16-9-7-15(22)8-10-16)20(29)30-11-17(27)24-21-26-25-19(31-21)14-5-3-2-4-6-14/h2-10,13H,11-12H2,1H3,(H,23,28)(H,24,26,27). The minimum atomic E-state index is -0.685. The normalized spacial score (nSPS) is 11.4. The van der Waals surface area contributed by atoms with Gasteiger partial charge in [-0.05, 0) is 43.3 Å². The van der Waals surface area contributed by atoms with Crippen LogP contribution in [0.25, 0.3) is 11.5 Å². The highest BCUT2D eigenvalue weighted by Gasteiger charge is 2.19. The predicted molar refractivity (Wildman–Crippen MR) is 116 cm³/mol. The van der Waals surface area contributed by atoms with Crippen molar-refractivity contribution in [1.29, 1.82) is 0 Å². The number of nitrogens with zero attached hydrogens (tertiary/aromatic N) is 2. The van der Waals surface area contributed by atoms with Crippen molar-refractivity contribution in [2.75, 3.05) is 23.0 Å². The molecule has 3 aromatic rings. The monoisotopic (exact) mass is 458 g/mol. The summed E-state index contributed by atoms with van der Waals surface area (Å²) in [5, 5.41) is 11.8. The van der Waals surface area contributed by atoms with Crippen LogP contribution < -0.4 is 10.6 Å². The summed E-state index contributed by atoms with van der Waals surface area (Å²) in [6.07, 6.45) is 0. The number of carbonyl (C=O) groups is 3. The minimum absolute atomic E-state index is 0.0237. The van der Waals surface area contributed by atoms with Crippen LogP contribution in [0, 0.1) is 5.82 Å². The number of hydrogen-bond donors (Lipinski definition) is 2. The Balaban J connectivity index is 1.38. The van der Waals surface area contributed by atoms with Crippen LogP contribution in [0.15, 0.2) is 59.0 Å². The third-order valence-corrected chi connectivity index (χ3v) is 5.08. The van der Waals surface area contributed by atoms with Gasteiger partial charge in [0.05, 0.1) is 5.75 Å². The summed E-state index contributed by atoms with van der Waals surface area (Å²) in [7, 11) is 0. The van der Waals surface area contributed by atoms with Crippen molar-refractivity contribution in [3.63, 3.8) is 0 Å². The maximum atomic E-state index is 12.9. The van der Waals surface area contributed by atoms with Crippen molar-refractivity contribution in [1.82, 2.24) is 10.2 Å². The zero-order valence-corrected chi connectivity index (χ0v) is 17.7. The maximum absolute atomic E-state index is 12.9. The van der Waals surface area contributed by atoms with E-state index in [9.17, 15) is 18.8 Å². The van der Waals surface area contributed by atoms with Crippen LogP contribution in [0.5, 0.6) is 0 Å². The van der Waals surface area contributed by atoms with Crippen LogP contribution in [0.3, 0.4) is 0 Å². The molecule has 0 radical (unpaired) electrons. The van der Waals surface area contributed by atoms with Crippen LogP contribution in [0.4, 0.5) is 16.1 Å². The Morgan fingerprint density at radius 2 is 1.75 bits per heavy atom. The highest BCUT2D eigenvalue weighted by molar-refractivity contribution is 8.01. The second-order valence-corrected chi connectivity index (χ2v) is 7.77. The van der Waals surface area contributed by atoms with Gasteiger partial charge in [0.1, 0.15) is 11.1 Å². The number of hydrogen-bond acceptors (Lipinski definition) is 8. The Hall–Kier alpha value is -3.73. The first kappa shape index (κ1) is 22.9. The van der Waals surface area contributed by atoms with Crippen molar-refractivity contribution in [2.24, 2.45) is 0 Å². The molecular weight excluding hydrogens is 439 g/mol. The molecule has 0 bridgehead atoms. The Morgan fingerprint density at radius 1 is 1.03 bits per heavy atom. The summed E-state index contributed by atoms with van der Waals surface area (Å²) >= 11 is 1.04. The number of rotatable bonds is 9. The lowest BCUT2D eigenvalue weighted by Crippen LogP contribution is -2.26. The lowest BCUT2D eigenvalue weighted by Gasteiger charge is -2.11. The van der Waals surface area contributed by atoms with E-state index in [1.54, 1.807) is 19.1 Å². The molecule has 1 atom stereocenters. The van der Waals surface area contributed by atoms with Crippen LogP contribution in [0.1, 0.15) is 6.92 Å². The summed E-state index contributed by atoms with van der Waals surface area (Å²) in [4.78, 5) is 35.9. The Bertz CT molecular complexity index is 1080. The quantitative estimate of drug-likeness (QED) is 0.469. The Morgan fingerprint density at radius 3 is 2.47 bits per heavy atom. The molecular formula is C21H19FN4O5S. The number of carbonyl (C=O) groups excluding carboxylic acids is 3. The largest absolute Gasteiger partial charge is 0.455 e. The van der Waals surface area contributed by atoms with Crippen molar-refractivity contribution in [3.8, 4) is 11.5 Å². The number of anilines is 2. The summed E-state index contributed by atoms with van der Waals surface area (Å²) < 4.78 is 23.2. The van der Waals surface area contributed by atoms with E-state index in [0.717, 1.165) is 11.8 Å². The van der Waals surface area contributed by atoms with E-state index in [1.807, 2.05) is 18.2 Å². The van der Waals surface area contributed by atoms with Gasteiger partial charge < -0.3 is 14.5 Å². The number of thioether (sulfide) groups is 1. The molecule has 2 amide bonds. The first-order chi connectivity index (χ1) is 15.4. The van der Waals surface area contributed by atoms with Gasteiger partial charge in [0.25, 0.3) is 5.91 Å². The van der Waals surface area contributed by atoms with Crippen LogP contribution >= 0.6 is 11.8 Å². The van der Waals surface area contributed by atoms with Crippen molar-refractivity contribution < 1.29 is 27.9 Å². The maximum Gasteiger partial charge on any atom is 0.322 e. The molecule has 0 aliphatic carbocycles. The molecule has 0 aliphatic rings. The third kappa shape index (κ3) is 6.91. The average molecular weight is 458 g/mol. The number of nitrogens with one attached hydrogen (secondary N) is 2. The molecule has 2 aromatic carbocycles. The molecule has 0 fully saturated rings. The van der Waals surface area contributed by atoms with E-state index in [2.05, 4.69) is 20.8 Å². The van der Waals surface area contributed by atoms with Crippen LogP contribution in [-0.2, 0) is 19.1 Å². The van der Waals surface area contributed by atoms with Crippen molar-refractivity contribution >= 4 is 41.2 Å². The van der Waals surface area contributed by atoms with Crippen LogP contribution in [-0.4, -0.2) is 45.6 Å². The fourth-order valence-corrected chi connectivity index (χ4v) is 3.06. The van der Waals surface area contributed by atoms with Gasteiger partial charge in [0.2, 0.25) is 11.8 Å². The Labute approximate surface area is 186 Å². The number of esters is 1. The fourth-order valence-electron chi connectivity index (χ4n) is 2.38. The first-order valence-corrected chi connectivity index (χ1v) is 10.5. The van der Waals surface area contributed by atoms with Crippen molar-refractivity contribution in [2.45, 2.75) is 12.2 Å². The number of benzene rings is 2. The second-order valence-electron chi connectivity index (χ2n) is 6.44. The number of aromatic nitrogens is 2. The fraction of sp³-hybridized carbons (Fsp3) is 0.190. The van der Waals surface area contributed by atoms with Gasteiger partial charge in [-0.3, -0.25) is 19.7 Å². The first-order valence-electron chi connectivity index (χ1n) is 9.43. The van der Waals surface area contributed by atoms with E-state index in [-0.39, 0.29) is 23.6 Å². The smallest absolute Gasteiger partial charge is 0.322 e. The SMILES string of the molecule is CC(SCC(=O)Nc1ccc(F)cc1)C(=O)OCC(=O)Nc1nnc(-c2ccccc2)o1. The predicted octanol–water partition coefficient (Wildman–Crippen LogP) is 3.12. The van der Waals surface area contributed by atoms with Gasteiger partial charge in [-0.2, -0.15) is 0 Å². The molecule has 32 heavy (non-hydrogen) atoms. The molecule has 2 N–H and O–H groups in total. The van der Waals surface area contributed by atoms with Gasteiger partial charge in [-0.1, -0.05) is 23.3 Å². The molecule has 1 unspecified atom stereocenters. The van der Waals surface area contributed by atoms with E-state index in [4.69, 9.17) is 9.15 Å². The summed E-state index contributed by atoms with van der Waals surface area (Å²) in [6.45, 7) is 1.01. The number of amides is 2. The van der Waals surface area contributed by atoms with E-state index >= 15 is 0 Å². The summed E-state index contributed by atoms with van der Waals surface area (Å²) in [5.74, 6) is -1.85. The number of ether oxygens (including phenoxy) is 1. The highest BCUT2D eigenvalue weighted by atomic mass is 32.2. The van der Waals surface area contributed by atoms with E-state index in [1.165, 1.54) is 24.3 Å². The molecule has 166 valence electrons. The summed E-state index contributed by atoms with van der Waals surface area (Å²) in [5.41, 5.74) is 1.14. The molecule has 0 saturated carbocycles. The molecule has 1 aromatic heterocycles. The minimum Gasteiger partial charge on any atom is -0.455 e. The Kier molecular flexibility index (Phi) is 7.92. The van der Waals surface area contributed by atoms with Gasteiger partial charge in [-0.15, -0.1) is 16.9 Å². The molecule has 0 aliphatic heterocycles. The van der Waals surface area contributed by atoms with Gasteiger partial charge in [0, 0.05) is 11.3 Å². The van der Waals surface area contributed by atoms with Gasteiger partial charge in [-0.25, -0.2) is 4.39 Å². The zero-order valence-electron chi connectivity index (χ0n) is 16.9.